The number of aliphatic hydroxyl groups is 1. The average molecular weight is 359 g/mol. The Morgan fingerprint density at radius 3 is 2.46 bits per heavy atom. The first-order chi connectivity index (χ1) is 12.4. The molecule has 2 fully saturated rings. The van der Waals surface area contributed by atoms with E-state index in [-0.39, 0.29) is 36.2 Å². The normalized spacial score (nSPS) is 22.7. The van der Waals surface area contributed by atoms with Gasteiger partial charge in [-0.25, -0.2) is 0 Å². The molecule has 0 aromatic heterocycles. The molecule has 1 saturated heterocycles. The molecule has 0 radical (unpaired) electrons. The van der Waals surface area contributed by atoms with Gasteiger partial charge in [-0.05, 0) is 37.5 Å². The molecule has 3 amide bonds. The zero-order valence-corrected chi connectivity index (χ0v) is 15.1. The molecular formula is C19H25N3O4. The third-order valence-electron chi connectivity index (χ3n) is 4.91. The van der Waals surface area contributed by atoms with E-state index in [1.807, 2.05) is 0 Å². The van der Waals surface area contributed by atoms with Crippen molar-refractivity contribution in [1.29, 1.82) is 0 Å². The van der Waals surface area contributed by atoms with Crippen LogP contribution < -0.4 is 5.32 Å². The van der Waals surface area contributed by atoms with Crippen LogP contribution in [0.3, 0.4) is 0 Å². The highest BCUT2D eigenvalue weighted by Crippen LogP contribution is 2.29. The van der Waals surface area contributed by atoms with Gasteiger partial charge in [-0.3, -0.25) is 14.4 Å². The van der Waals surface area contributed by atoms with Crippen LogP contribution >= 0.6 is 0 Å². The minimum atomic E-state index is -0.790. The van der Waals surface area contributed by atoms with Gasteiger partial charge in [0.15, 0.2) is 0 Å². The fourth-order valence-corrected chi connectivity index (χ4v) is 3.16. The summed E-state index contributed by atoms with van der Waals surface area (Å²) in [5.41, 5.74) is 0.873. The molecule has 3 rings (SSSR count). The summed E-state index contributed by atoms with van der Waals surface area (Å²) in [6.07, 6.45) is 1.56. The predicted molar refractivity (Wildman–Crippen MR) is 95.6 cm³/mol. The molecule has 2 aliphatic rings. The highest BCUT2D eigenvalue weighted by atomic mass is 16.3. The number of nitrogens with zero attached hydrogens (tertiary/aromatic N) is 2. The Morgan fingerprint density at radius 1 is 1.15 bits per heavy atom. The van der Waals surface area contributed by atoms with Crippen molar-refractivity contribution in [3.63, 3.8) is 0 Å². The fraction of sp³-hybridized carbons (Fsp3) is 0.526. The van der Waals surface area contributed by atoms with Crippen LogP contribution in [0.1, 0.15) is 40.0 Å². The largest absolute Gasteiger partial charge is 0.389 e. The number of carbonyl (C=O) groups excluding carboxylic acids is 3. The van der Waals surface area contributed by atoms with Crippen LogP contribution in [-0.2, 0) is 4.79 Å². The number of nitrogens with one attached hydrogen (secondary N) is 1. The van der Waals surface area contributed by atoms with Crippen molar-refractivity contribution in [2.24, 2.45) is 5.92 Å². The number of hydrogen-bond donors (Lipinski definition) is 2. The molecule has 2 N–H and O–H groups in total. The summed E-state index contributed by atoms with van der Waals surface area (Å²) in [5, 5.41) is 13.2. The van der Waals surface area contributed by atoms with Gasteiger partial charge in [0.2, 0.25) is 5.91 Å². The highest BCUT2D eigenvalue weighted by Gasteiger charge is 2.35. The Labute approximate surface area is 153 Å². The second-order valence-electron chi connectivity index (χ2n) is 7.28. The zero-order chi connectivity index (χ0) is 18.8. The number of rotatable bonds is 4. The summed E-state index contributed by atoms with van der Waals surface area (Å²) >= 11 is 0. The number of hydrogen-bond acceptors (Lipinski definition) is 4. The fourth-order valence-electron chi connectivity index (χ4n) is 3.16. The SMILES string of the molecule is CN(C)C(=O)c1cccc(C(=O)N2CCC(NC(=O)C3CC3)C(O)C2)c1. The van der Waals surface area contributed by atoms with Gasteiger partial charge < -0.3 is 20.2 Å². The van der Waals surface area contributed by atoms with E-state index in [0.29, 0.717) is 24.1 Å². The monoisotopic (exact) mass is 359 g/mol. The van der Waals surface area contributed by atoms with Crippen molar-refractivity contribution in [1.82, 2.24) is 15.1 Å². The number of aliphatic hydroxyl groups excluding tert-OH is 1. The van der Waals surface area contributed by atoms with E-state index >= 15 is 0 Å². The van der Waals surface area contributed by atoms with E-state index in [0.717, 1.165) is 12.8 Å². The molecule has 1 aliphatic carbocycles. The lowest BCUT2D eigenvalue weighted by Crippen LogP contribution is -2.55. The van der Waals surface area contributed by atoms with E-state index in [1.54, 1.807) is 43.3 Å². The Balaban J connectivity index is 1.63. The molecule has 0 bridgehead atoms. The zero-order valence-electron chi connectivity index (χ0n) is 15.1. The van der Waals surface area contributed by atoms with Crippen molar-refractivity contribution in [2.75, 3.05) is 27.2 Å². The van der Waals surface area contributed by atoms with Crippen molar-refractivity contribution >= 4 is 17.7 Å². The molecule has 1 aromatic carbocycles. The van der Waals surface area contributed by atoms with Crippen molar-refractivity contribution in [2.45, 2.75) is 31.4 Å². The first kappa shape index (κ1) is 18.4. The number of likely N-dealkylation sites (tertiary alicyclic amines) is 1. The van der Waals surface area contributed by atoms with Crippen molar-refractivity contribution < 1.29 is 19.5 Å². The Hall–Kier alpha value is -2.41. The maximum atomic E-state index is 12.7. The number of β-amino-alcohol motifs (C(OH)–C–C–N with tert-alkyl or cyclic N) is 1. The maximum Gasteiger partial charge on any atom is 0.253 e. The topological polar surface area (TPSA) is 90.0 Å². The van der Waals surface area contributed by atoms with E-state index < -0.39 is 6.10 Å². The molecule has 2 atom stereocenters. The molecule has 2 unspecified atom stereocenters. The Kier molecular flexibility index (Phi) is 5.27. The van der Waals surface area contributed by atoms with Crippen LogP contribution in [0.2, 0.25) is 0 Å². The summed E-state index contributed by atoms with van der Waals surface area (Å²) in [6, 6.07) is 6.30. The van der Waals surface area contributed by atoms with E-state index in [4.69, 9.17) is 0 Å². The van der Waals surface area contributed by atoms with Crippen LogP contribution in [0.5, 0.6) is 0 Å². The molecule has 7 heteroatoms. The summed E-state index contributed by atoms with van der Waals surface area (Å²) < 4.78 is 0. The van der Waals surface area contributed by atoms with Crippen LogP contribution in [0.25, 0.3) is 0 Å². The molecule has 1 aromatic rings. The quantitative estimate of drug-likeness (QED) is 0.819. The van der Waals surface area contributed by atoms with Gasteiger partial charge in [-0.1, -0.05) is 6.07 Å². The van der Waals surface area contributed by atoms with E-state index in [9.17, 15) is 19.5 Å². The molecule has 7 nitrogen and oxygen atoms in total. The second-order valence-corrected chi connectivity index (χ2v) is 7.28. The van der Waals surface area contributed by atoms with Gasteiger partial charge in [0.25, 0.3) is 11.8 Å². The summed E-state index contributed by atoms with van der Waals surface area (Å²) in [4.78, 5) is 39.7. The highest BCUT2D eigenvalue weighted by molar-refractivity contribution is 5.99. The predicted octanol–water partition coefficient (Wildman–Crippen LogP) is 0.490. The smallest absolute Gasteiger partial charge is 0.253 e. The summed E-state index contributed by atoms with van der Waals surface area (Å²) in [7, 11) is 3.32. The lowest BCUT2D eigenvalue weighted by atomic mass is 10.00. The van der Waals surface area contributed by atoms with E-state index in [2.05, 4.69) is 5.32 Å². The minimum absolute atomic E-state index is 0.00345. The van der Waals surface area contributed by atoms with Gasteiger partial charge in [-0.15, -0.1) is 0 Å². The molecule has 1 heterocycles. The van der Waals surface area contributed by atoms with Crippen LogP contribution in [0, 0.1) is 5.92 Å². The summed E-state index contributed by atoms with van der Waals surface area (Å²) in [6.45, 7) is 0.623. The number of amides is 3. The van der Waals surface area contributed by atoms with Crippen molar-refractivity contribution in [3.05, 3.63) is 35.4 Å². The average Bonchev–Trinajstić information content (AvgIpc) is 3.47. The van der Waals surface area contributed by atoms with Gasteiger partial charge in [-0.2, -0.15) is 0 Å². The van der Waals surface area contributed by atoms with Crippen LogP contribution in [0.4, 0.5) is 0 Å². The Morgan fingerprint density at radius 2 is 1.85 bits per heavy atom. The summed E-state index contributed by atoms with van der Waals surface area (Å²) in [5.74, 6) is -0.284. The van der Waals surface area contributed by atoms with Gasteiger partial charge in [0, 0.05) is 44.2 Å². The van der Waals surface area contributed by atoms with Crippen LogP contribution in [-0.4, -0.2) is 72.0 Å². The lowest BCUT2D eigenvalue weighted by Gasteiger charge is -2.36. The molecule has 140 valence electrons. The number of carbonyl (C=O) groups is 3. The van der Waals surface area contributed by atoms with Gasteiger partial charge in [0.1, 0.15) is 0 Å². The minimum Gasteiger partial charge on any atom is -0.389 e. The Bertz CT molecular complexity index is 714. The first-order valence-electron chi connectivity index (χ1n) is 8.96. The van der Waals surface area contributed by atoms with Gasteiger partial charge in [0.05, 0.1) is 12.1 Å². The van der Waals surface area contributed by atoms with Crippen molar-refractivity contribution in [3.8, 4) is 0 Å². The molecule has 26 heavy (non-hydrogen) atoms. The number of piperidine rings is 1. The third kappa shape index (κ3) is 4.04. The molecule has 0 spiro atoms. The maximum absolute atomic E-state index is 12.7. The third-order valence-corrected chi connectivity index (χ3v) is 4.91. The molecule has 1 aliphatic heterocycles. The van der Waals surface area contributed by atoms with Gasteiger partial charge >= 0.3 is 0 Å². The molecular weight excluding hydrogens is 334 g/mol. The van der Waals surface area contributed by atoms with E-state index in [1.165, 1.54) is 4.90 Å². The lowest BCUT2D eigenvalue weighted by molar-refractivity contribution is -0.124. The molecule has 1 saturated carbocycles. The first-order valence-corrected chi connectivity index (χ1v) is 8.96. The second kappa shape index (κ2) is 7.45. The number of benzene rings is 1. The van der Waals surface area contributed by atoms with Crippen LogP contribution in [0.15, 0.2) is 24.3 Å². The standard InChI is InChI=1S/C19H25N3O4/c1-21(2)18(25)13-4-3-5-14(10-13)19(26)22-9-8-15(16(23)11-22)20-17(24)12-6-7-12/h3-5,10,12,15-16,23H,6-9,11H2,1-2H3,(H,20,24).